The zero-order chi connectivity index (χ0) is 24.4. The number of methoxy groups -OCH3 is 1. The third-order valence-corrected chi connectivity index (χ3v) is 5.89. The molecule has 1 aromatic heterocycles. The van der Waals surface area contributed by atoms with Crippen molar-refractivity contribution in [2.75, 3.05) is 7.11 Å². The molecule has 0 radical (unpaired) electrons. The van der Waals surface area contributed by atoms with Crippen molar-refractivity contribution in [1.29, 1.82) is 0 Å². The maximum Gasteiger partial charge on any atom is 0.280 e. The Balaban J connectivity index is 1.91. The number of nitro benzene ring substituents is 1. The molecule has 0 bridgehead atoms. The van der Waals surface area contributed by atoms with Crippen LogP contribution in [-0.2, 0) is 0 Å². The van der Waals surface area contributed by atoms with E-state index in [1.54, 1.807) is 38.3 Å². The number of aliphatic imine (C=N–C) groups is 1. The van der Waals surface area contributed by atoms with Crippen molar-refractivity contribution in [3.63, 3.8) is 0 Å². The Morgan fingerprint density at radius 1 is 1.09 bits per heavy atom. The molecule has 0 saturated carbocycles. The lowest BCUT2D eigenvalue weighted by Gasteiger charge is -2.06. The van der Waals surface area contributed by atoms with Gasteiger partial charge in [-0.3, -0.25) is 25.0 Å². The van der Waals surface area contributed by atoms with Crippen molar-refractivity contribution in [2.45, 2.75) is 13.8 Å². The van der Waals surface area contributed by atoms with Gasteiger partial charge in [0.05, 0.1) is 40.4 Å². The molecule has 4 rings (SSSR count). The molecule has 0 aliphatic carbocycles. The van der Waals surface area contributed by atoms with Crippen molar-refractivity contribution in [2.24, 2.45) is 4.99 Å². The van der Waals surface area contributed by atoms with Gasteiger partial charge in [0.1, 0.15) is 5.75 Å². The molecule has 1 N–H and O–H groups in total. The number of hydrogen-bond acceptors (Lipinski definition) is 5. The molecule has 172 valence electrons. The standard InChI is InChI=1S/C25H21ClN4O4/c1-15-21(26)5-4-6-22(15)27-16(2)23-24(17-7-13-20(34-3)14-8-17)28-29(25(23)31)18-9-11-19(12-10-18)30(32)33/h4-14,28H,1-3H3. The fraction of sp³-hybridized carbons (Fsp3) is 0.120. The van der Waals surface area contributed by atoms with E-state index in [0.29, 0.717) is 39.1 Å². The van der Waals surface area contributed by atoms with Gasteiger partial charge < -0.3 is 4.74 Å². The van der Waals surface area contributed by atoms with Gasteiger partial charge in [-0.2, -0.15) is 0 Å². The number of rotatable bonds is 6. The molecule has 1 heterocycles. The number of ether oxygens (including phenoxy) is 1. The molecule has 0 aliphatic rings. The maximum absolute atomic E-state index is 13.6. The average Bonchev–Trinajstić information content (AvgIpc) is 3.19. The highest BCUT2D eigenvalue weighted by molar-refractivity contribution is 6.31. The summed E-state index contributed by atoms with van der Waals surface area (Å²) in [5, 5.41) is 14.8. The van der Waals surface area contributed by atoms with Crippen molar-refractivity contribution in [3.8, 4) is 22.7 Å². The van der Waals surface area contributed by atoms with Gasteiger partial charge in [0.25, 0.3) is 11.2 Å². The first-order chi connectivity index (χ1) is 16.3. The number of halogens is 1. The summed E-state index contributed by atoms with van der Waals surface area (Å²) in [6.07, 6.45) is 0. The minimum atomic E-state index is -0.487. The van der Waals surface area contributed by atoms with E-state index in [1.807, 2.05) is 25.1 Å². The normalized spacial score (nSPS) is 11.5. The smallest absolute Gasteiger partial charge is 0.280 e. The van der Waals surface area contributed by atoms with Crippen LogP contribution >= 0.6 is 11.6 Å². The second-order valence-electron chi connectivity index (χ2n) is 7.59. The summed E-state index contributed by atoms with van der Waals surface area (Å²) in [5.41, 5.74) is 3.73. The van der Waals surface area contributed by atoms with Crippen LogP contribution in [0.3, 0.4) is 0 Å². The van der Waals surface area contributed by atoms with Gasteiger partial charge in [0.15, 0.2) is 0 Å². The number of aromatic nitrogens is 2. The van der Waals surface area contributed by atoms with E-state index in [9.17, 15) is 14.9 Å². The number of nitro groups is 1. The highest BCUT2D eigenvalue weighted by atomic mass is 35.5. The van der Waals surface area contributed by atoms with Gasteiger partial charge in [-0.25, -0.2) is 4.68 Å². The third-order valence-electron chi connectivity index (χ3n) is 5.48. The summed E-state index contributed by atoms with van der Waals surface area (Å²) in [6, 6.07) is 18.4. The van der Waals surface area contributed by atoms with E-state index >= 15 is 0 Å². The van der Waals surface area contributed by atoms with Gasteiger partial charge in [-0.1, -0.05) is 17.7 Å². The Hall–Kier alpha value is -4.17. The fourth-order valence-corrected chi connectivity index (χ4v) is 3.77. The van der Waals surface area contributed by atoms with E-state index in [1.165, 1.54) is 28.9 Å². The number of nitrogens with zero attached hydrogens (tertiary/aromatic N) is 3. The van der Waals surface area contributed by atoms with Crippen molar-refractivity contribution >= 4 is 28.7 Å². The summed E-state index contributed by atoms with van der Waals surface area (Å²) in [5.74, 6) is 0.683. The van der Waals surface area contributed by atoms with Crippen LogP contribution in [0.25, 0.3) is 16.9 Å². The summed E-state index contributed by atoms with van der Waals surface area (Å²) >= 11 is 6.25. The molecule has 0 spiro atoms. The number of benzene rings is 3. The van der Waals surface area contributed by atoms with Crippen molar-refractivity contribution in [3.05, 3.63) is 103 Å². The van der Waals surface area contributed by atoms with E-state index in [0.717, 1.165) is 11.1 Å². The molecular formula is C25H21ClN4O4. The molecule has 34 heavy (non-hydrogen) atoms. The highest BCUT2D eigenvalue weighted by Gasteiger charge is 2.20. The Morgan fingerprint density at radius 3 is 2.38 bits per heavy atom. The number of hydrogen-bond donors (Lipinski definition) is 1. The first-order valence-electron chi connectivity index (χ1n) is 10.3. The summed E-state index contributed by atoms with van der Waals surface area (Å²) < 4.78 is 6.60. The lowest BCUT2D eigenvalue weighted by atomic mass is 10.0. The van der Waals surface area contributed by atoms with Crippen LogP contribution in [0, 0.1) is 17.0 Å². The Bertz CT molecular complexity index is 1450. The Morgan fingerprint density at radius 2 is 1.76 bits per heavy atom. The van der Waals surface area contributed by atoms with Gasteiger partial charge >= 0.3 is 0 Å². The number of H-pyrrole nitrogens is 1. The second-order valence-corrected chi connectivity index (χ2v) is 7.99. The summed E-state index contributed by atoms with van der Waals surface area (Å²) in [7, 11) is 1.58. The predicted molar refractivity (Wildman–Crippen MR) is 133 cm³/mol. The monoisotopic (exact) mass is 476 g/mol. The van der Waals surface area contributed by atoms with Crippen LogP contribution in [0.1, 0.15) is 18.1 Å². The summed E-state index contributed by atoms with van der Waals surface area (Å²) in [6.45, 7) is 3.63. The highest BCUT2D eigenvalue weighted by Crippen LogP contribution is 2.28. The molecule has 0 amide bonds. The minimum Gasteiger partial charge on any atom is -0.497 e. The molecule has 0 unspecified atom stereocenters. The first kappa shape index (κ1) is 23.0. The quantitative estimate of drug-likeness (QED) is 0.214. The molecule has 9 heteroatoms. The second kappa shape index (κ2) is 9.36. The van der Waals surface area contributed by atoms with Crippen LogP contribution in [0.5, 0.6) is 5.75 Å². The van der Waals surface area contributed by atoms with Crippen molar-refractivity contribution in [1.82, 2.24) is 9.78 Å². The molecule has 0 saturated heterocycles. The topological polar surface area (TPSA) is 103 Å². The van der Waals surface area contributed by atoms with Crippen LogP contribution in [-0.4, -0.2) is 27.5 Å². The SMILES string of the molecule is COc1ccc(-c2[nH]n(-c3ccc([N+](=O)[O-])cc3)c(=O)c2C(C)=Nc2cccc(Cl)c2C)cc1. The van der Waals surface area contributed by atoms with E-state index in [2.05, 4.69) is 5.10 Å². The van der Waals surface area contributed by atoms with Gasteiger partial charge in [-0.15, -0.1) is 0 Å². The Labute approximate surface area is 200 Å². The van der Waals surface area contributed by atoms with E-state index in [-0.39, 0.29) is 11.2 Å². The first-order valence-corrected chi connectivity index (χ1v) is 10.7. The third kappa shape index (κ3) is 4.35. The Kier molecular flexibility index (Phi) is 6.34. The zero-order valence-corrected chi connectivity index (χ0v) is 19.5. The van der Waals surface area contributed by atoms with Crippen LogP contribution < -0.4 is 10.3 Å². The number of nitrogens with one attached hydrogen (secondary N) is 1. The minimum absolute atomic E-state index is 0.0619. The lowest BCUT2D eigenvalue weighted by molar-refractivity contribution is -0.384. The van der Waals surface area contributed by atoms with Crippen LogP contribution in [0.2, 0.25) is 5.02 Å². The van der Waals surface area contributed by atoms with E-state index < -0.39 is 4.92 Å². The molecule has 0 atom stereocenters. The summed E-state index contributed by atoms with van der Waals surface area (Å²) in [4.78, 5) is 28.8. The maximum atomic E-state index is 13.6. The number of aromatic amines is 1. The molecule has 4 aromatic rings. The van der Waals surface area contributed by atoms with Gasteiger partial charge in [0, 0.05) is 22.7 Å². The van der Waals surface area contributed by atoms with Crippen molar-refractivity contribution < 1.29 is 9.66 Å². The predicted octanol–water partition coefficient (Wildman–Crippen LogP) is 5.85. The van der Waals surface area contributed by atoms with Gasteiger partial charge in [-0.05, 0) is 67.9 Å². The molecule has 0 aliphatic heterocycles. The van der Waals surface area contributed by atoms with Crippen LogP contribution in [0.15, 0.2) is 76.5 Å². The lowest BCUT2D eigenvalue weighted by Crippen LogP contribution is -2.19. The molecule has 0 fully saturated rings. The molecular weight excluding hydrogens is 456 g/mol. The van der Waals surface area contributed by atoms with Gasteiger partial charge in [0.2, 0.25) is 0 Å². The van der Waals surface area contributed by atoms with Crippen LogP contribution in [0.4, 0.5) is 11.4 Å². The zero-order valence-electron chi connectivity index (χ0n) is 18.7. The largest absolute Gasteiger partial charge is 0.497 e. The molecule has 8 nitrogen and oxygen atoms in total. The number of non-ortho nitro benzene ring substituents is 1. The molecule has 3 aromatic carbocycles. The van der Waals surface area contributed by atoms with E-state index in [4.69, 9.17) is 21.3 Å². The average molecular weight is 477 g/mol. The fourth-order valence-electron chi connectivity index (χ4n) is 3.60.